The summed E-state index contributed by atoms with van der Waals surface area (Å²) in [5, 5.41) is 1.54. The summed E-state index contributed by atoms with van der Waals surface area (Å²) < 4.78 is 0. The van der Waals surface area contributed by atoms with Gasteiger partial charge in [0, 0.05) is 13.3 Å². The number of carbonyl (C=O) groups is 1. The Bertz CT molecular complexity index is 217. The van der Waals surface area contributed by atoms with Gasteiger partial charge in [-0.1, -0.05) is 13.3 Å². The van der Waals surface area contributed by atoms with Gasteiger partial charge in [0.15, 0.2) is 5.72 Å². The molecule has 2 atom stereocenters. The maximum atomic E-state index is 11.0. The van der Waals surface area contributed by atoms with E-state index in [2.05, 4.69) is 6.92 Å². The highest BCUT2D eigenvalue weighted by atomic mass is 16.9. The lowest BCUT2D eigenvalue weighted by atomic mass is 9.85. The van der Waals surface area contributed by atoms with E-state index in [0.717, 1.165) is 12.8 Å². The molecule has 3 heteroatoms. The summed E-state index contributed by atoms with van der Waals surface area (Å²) in [6.07, 6.45) is 4.51. The third-order valence-corrected chi connectivity index (χ3v) is 2.82. The Hall–Kier alpha value is -0.570. The Morgan fingerprint density at radius 3 is 2.92 bits per heavy atom. The second-order valence-corrected chi connectivity index (χ2v) is 4.05. The Morgan fingerprint density at radius 1 is 1.67 bits per heavy atom. The summed E-state index contributed by atoms with van der Waals surface area (Å²) in [5.41, 5.74) is -0.177. The minimum atomic E-state index is -0.177. The molecule has 1 aliphatic heterocycles. The molecule has 0 bridgehead atoms. The quantitative estimate of drug-likeness (QED) is 0.517. The van der Waals surface area contributed by atoms with E-state index in [-0.39, 0.29) is 11.6 Å². The predicted molar refractivity (Wildman–Crippen MR) is 44.0 cm³/mol. The van der Waals surface area contributed by atoms with Gasteiger partial charge in [-0.25, -0.2) is 4.84 Å². The lowest BCUT2D eigenvalue weighted by molar-refractivity contribution is -0.129. The van der Waals surface area contributed by atoms with Crippen LogP contribution in [-0.4, -0.2) is 16.7 Å². The molecule has 1 saturated carbocycles. The van der Waals surface area contributed by atoms with Gasteiger partial charge in [0.05, 0.1) is 0 Å². The number of hydrogen-bond acceptors (Lipinski definition) is 2. The molecule has 0 aromatic heterocycles. The first-order valence-electron chi connectivity index (χ1n) is 4.64. The van der Waals surface area contributed by atoms with Gasteiger partial charge in [0.2, 0.25) is 5.91 Å². The summed E-state index contributed by atoms with van der Waals surface area (Å²) >= 11 is 0. The largest absolute Gasteiger partial charge is 0.273 e. The van der Waals surface area contributed by atoms with Crippen LogP contribution in [0, 0.1) is 5.92 Å². The molecule has 3 nitrogen and oxygen atoms in total. The number of hydrogen-bond donors (Lipinski definition) is 0. The molecule has 1 aliphatic carbocycles. The maximum absolute atomic E-state index is 11.0. The molecule has 1 amide bonds. The molecule has 1 heterocycles. The van der Waals surface area contributed by atoms with Crippen LogP contribution in [0.3, 0.4) is 0 Å². The highest BCUT2D eigenvalue weighted by molar-refractivity contribution is 5.74. The molecule has 2 fully saturated rings. The minimum absolute atomic E-state index is 0.0455. The van der Waals surface area contributed by atoms with E-state index in [1.807, 2.05) is 0 Å². The van der Waals surface area contributed by atoms with E-state index < -0.39 is 0 Å². The van der Waals surface area contributed by atoms with Crippen LogP contribution < -0.4 is 0 Å². The van der Waals surface area contributed by atoms with E-state index >= 15 is 0 Å². The van der Waals surface area contributed by atoms with Crippen molar-refractivity contribution in [2.24, 2.45) is 5.92 Å². The first-order valence-corrected chi connectivity index (χ1v) is 4.64. The van der Waals surface area contributed by atoms with Crippen LogP contribution in [0.4, 0.5) is 0 Å². The van der Waals surface area contributed by atoms with Crippen LogP contribution >= 0.6 is 0 Å². The van der Waals surface area contributed by atoms with Gasteiger partial charge in [0.25, 0.3) is 0 Å². The van der Waals surface area contributed by atoms with Gasteiger partial charge in [-0.05, 0) is 18.8 Å². The Morgan fingerprint density at radius 2 is 2.42 bits per heavy atom. The van der Waals surface area contributed by atoms with Crippen molar-refractivity contribution < 1.29 is 9.63 Å². The van der Waals surface area contributed by atoms with Gasteiger partial charge in [-0.2, -0.15) is 5.06 Å². The maximum Gasteiger partial charge on any atom is 0.245 e. The fourth-order valence-corrected chi connectivity index (χ4v) is 2.24. The minimum Gasteiger partial charge on any atom is -0.273 e. The molecule has 12 heavy (non-hydrogen) atoms. The standard InChI is InChI=1S/C9H15NO2/c1-7-4-3-5-9(6-7)10(12-9)8(2)11/h7H,3-6H2,1-2H3. The first kappa shape index (κ1) is 8.05. The monoisotopic (exact) mass is 169 g/mol. The number of hydroxylamine groups is 2. The zero-order chi connectivity index (χ0) is 8.77. The number of rotatable bonds is 0. The van der Waals surface area contributed by atoms with Crippen LogP contribution in [0.15, 0.2) is 0 Å². The van der Waals surface area contributed by atoms with Crippen molar-refractivity contribution in [3.05, 3.63) is 0 Å². The van der Waals surface area contributed by atoms with Crippen molar-refractivity contribution in [1.82, 2.24) is 5.06 Å². The fraction of sp³-hybridized carbons (Fsp3) is 0.889. The van der Waals surface area contributed by atoms with Crippen molar-refractivity contribution in [2.45, 2.75) is 45.3 Å². The second kappa shape index (κ2) is 2.46. The molecule has 0 N–H and O–H groups in total. The third-order valence-electron chi connectivity index (χ3n) is 2.82. The molecule has 2 aliphatic rings. The molecule has 1 saturated heterocycles. The van der Waals surface area contributed by atoms with Crippen molar-refractivity contribution in [3.8, 4) is 0 Å². The molecular weight excluding hydrogens is 154 g/mol. The van der Waals surface area contributed by atoms with Crippen LogP contribution in [0.1, 0.15) is 39.5 Å². The van der Waals surface area contributed by atoms with Crippen molar-refractivity contribution in [2.75, 3.05) is 0 Å². The van der Waals surface area contributed by atoms with Gasteiger partial charge < -0.3 is 0 Å². The highest BCUT2D eigenvalue weighted by Gasteiger charge is 2.58. The highest BCUT2D eigenvalue weighted by Crippen LogP contribution is 2.48. The Kier molecular flexibility index (Phi) is 1.65. The average molecular weight is 169 g/mol. The summed E-state index contributed by atoms with van der Waals surface area (Å²) in [6.45, 7) is 3.79. The molecule has 0 aromatic rings. The lowest BCUT2D eigenvalue weighted by Crippen LogP contribution is -2.27. The third kappa shape index (κ3) is 1.12. The van der Waals surface area contributed by atoms with Crippen LogP contribution in [0.25, 0.3) is 0 Å². The van der Waals surface area contributed by atoms with E-state index in [4.69, 9.17) is 4.84 Å². The Balaban J connectivity index is 2.01. The van der Waals surface area contributed by atoms with Crippen molar-refractivity contribution >= 4 is 5.91 Å². The zero-order valence-electron chi connectivity index (χ0n) is 7.67. The van der Waals surface area contributed by atoms with E-state index in [0.29, 0.717) is 5.92 Å². The SMILES string of the molecule is CC(=O)N1OC12CCCC(C)C2. The van der Waals surface area contributed by atoms with Crippen LogP contribution in [0.2, 0.25) is 0 Å². The fourth-order valence-electron chi connectivity index (χ4n) is 2.24. The van der Waals surface area contributed by atoms with E-state index in [1.54, 1.807) is 12.0 Å². The van der Waals surface area contributed by atoms with Gasteiger partial charge >= 0.3 is 0 Å². The molecule has 2 rings (SSSR count). The second-order valence-electron chi connectivity index (χ2n) is 4.05. The Labute approximate surface area is 72.6 Å². The number of amides is 1. The van der Waals surface area contributed by atoms with E-state index in [1.165, 1.54) is 12.8 Å². The zero-order valence-corrected chi connectivity index (χ0v) is 7.67. The topological polar surface area (TPSA) is 32.6 Å². The van der Waals surface area contributed by atoms with E-state index in [9.17, 15) is 4.79 Å². The smallest absolute Gasteiger partial charge is 0.245 e. The summed E-state index contributed by atoms with van der Waals surface area (Å²) in [5.74, 6) is 0.743. The number of carbonyl (C=O) groups excluding carboxylic acids is 1. The molecular formula is C9H15NO2. The van der Waals surface area contributed by atoms with Crippen molar-refractivity contribution in [1.29, 1.82) is 0 Å². The average Bonchev–Trinajstić information content (AvgIpc) is 2.63. The number of nitrogens with zero attached hydrogens (tertiary/aromatic N) is 1. The van der Waals surface area contributed by atoms with Gasteiger partial charge in [-0.15, -0.1) is 0 Å². The lowest BCUT2D eigenvalue weighted by Gasteiger charge is -2.22. The first-order chi connectivity index (χ1) is 5.64. The molecule has 1 spiro atoms. The normalized spacial score (nSPS) is 40.2. The predicted octanol–water partition coefficient (Wildman–Crippen LogP) is 1.69. The molecule has 2 unspecified atom stereocenters. The van der Waals surface area contributed by atoms with Gasteiger partial charge in [0.1, 0.15) is 0 Å². The molecule has 0 radical (unpaired) electrons. The summed E-state index contributed by atoms with van der Waals surface area (Å²) in [7, 11) is 0. The van der Waals surface area contributed by atoms with Gasteiger partial charge in [-0.3, -0.25) is 4.79 Å². The molecule has 68 valence electrons. The summed E-state index contributed by atoms with van der Waals surface area (Å²) in [4.78, 5) is 16.3. The van der Waals surface area contributed by atoms with Crippen LogP contribution in [0.5, 0.6) is 0 Å². The van der Waals surface area contributed by atoms with Crippen LogP contribution in [-0.2, 0) is 9.63 Å². The molecule has 0 aromatic carbocycles. The summed E-state index contributed by atoms with van der Waals surface area (Å²) in [6, 6.07) is 0. The van der Waals surface area contributed by atoms with Crippen molar-refractivity contribution in [3.63, 3.8) is 0 Å².